The average molecular weight is 292 g/mol. The largest absolute Gasteiger partial charge is 0.497 e. The lowest BCUT2D eigenvalue weighted by molar-refractivity contribution is -0.136. The molecule has 116 valence electrons. The van der Waals surface area contributed by atoms with Gasteiger partial charge in [0.15, 0.2) is 6.10 Å². The number of carbonyl (C=O) groups excluding carboxylic acids is 1. The van der Waals surface area contributed by atoms with Gasteiger partial charge in [0.2, 0.25) is 0 Å². The highest BCUT2D eigenvalue weighted by Gasteiger charge is 2.25. The second-order valence-electron chi connectivity index (χ2n) is 5.30. The Bertz CT molecular complexity index is 484. The molecule has 1 atom stereocenters. The first-order chi connectivity index (χ1) is 10.2. The minimum atomic E-state index is -0.481. The first kappa shape index (κ1) is 15.6. The molecule has 5 heteroatoms. The predicted molar refractivity (Wildman–Crippen MR) is 81.7 cm³/mol. The van der Waals surface area contributed by atoms with Gasteiger partial charge in [-0.25, -0.2) is 0 Å². The van der Waals surface area contributed by atoms with Gasteiger partial charge in [-0.1, -0.05) is 6.07 Å². The number of likely N-dealkylation sites (tertiary alicyclic amines) is 1. The Hall–Kier alpha value is -1.75. The van der Waals surface area contributed by atoms with E-state index < -0.39 is 6.10 Å². The van der Waals surface area contributed by atoms with Crippen LogP contribution in [0.4, 0.5) is 0 Å². The molecule has 5 nitrogen and oxygen atoms in total. The number of ether oxygens (including phenoxy) is 2. The van der Waals surface area contributed by atoms with Crippen LogP contribution in [0.2, 0.25) is 0 Å². The minimum absolute atomic E-state index is 0.0609. The van der Waals surface area contributed by atoms with Crippen molar-refractivity contribution in [3.8, 4) is 11.5 Å². The van der Waals surface area contributed by atoms with Gasteiger partial charge in [0.1, 0.15) is 11.5 Å². The van der Waals surface area contributed by atoms with Gasteiger partial charge in [0.05, 0.1) is 7.11 Å². The maximum Gasteiger partial charge on any atom is 0.263 e. The minimum Gasteiger partial charge on any atom is -0.497 e. The Labute approximate surface area is 126 Å². The van der Waals surface area contributed by atoms with E-state index in [0.29, 0.717) is 12.3 Å². The standard InChI is InChI=1S/C16H24N2O3/c1-12(16(19)18-8-4-5-9-18)21-15-10-14(20-3)7-6-13(15)11-17-2/h6-7,10,12,17H,4-5,8-9,11H2,1-3H3. The summed E-state index contributed by atoms with van der Waals surface area (Å²) in [5.74, 6) is 1.49. The van der Waals surface area contributed by atoms with Gasteiger partial charge in [-0.3, -0.25) is 4.79 Å². The molecule has 0 saturated carbocycles. The fraction of sp³-hybridized carbons (Fsp3) is 0.562. The zero-order valence-corrected chi connectivity index (χ0v) is 13.0. The van der Waals surface area contributed by atoms with Crippen molar-refractivity contribution in [1.82, 2.24) is 10.2 Å². The van der Waals surface area contributed by atoms with Crippen LogP contribution in [0.1, 0.15) is 25.3 Å². The van der Waals surface area contributed by atoms with Crippen LogP contribution in [-0.2, 0) is 11.3 Å². The number of amides is 1. The Balaban J connectivity index is 2.10. The normalized spacial score (nSPS) is 15.9. The van der Waals surface area contributed by atoms with Crippen molar-refractivity contribution in [2.45, 2.75) is 32.4 Å². The smallest absolute Gasteiger partial charge is 0.263 e. The number of hydrogen-bond acceptors (Lipinski definition) is 4. The van der Waals surface area contributed by atoms with Gasteiger partial charge in [0, 0.05) is 31.3 Å². The van der Waals surface area contributed by atoms with Gasteiger partial charge in [0.25, 0.3) is 5.91 Å². The third kappa shape index (κ3) is 3.88. The number of hydrogen-bond donors (Lipinski definition) is 1. The van der Waals surface area contributed by atoms with Crippen molar-refractivity contribution in [2.24, 2.45) is 0 Å². The summed E-state index contributed by atoms with van der Waals surface area (Å²) >= 11 is 0. The lowest BCUT2D eigenvalue weighted by atomic mass is 10.2. The summed E-state index contributed by atoms with van der Waals surface area (Å²) < 4.78 is 11.1. The Kier molecular flexibility index (Phi) is 5.44. The number of methoxy groups -OCH3 is 1. The maximum absolute atomic E-state index is 12.3. The molecule has 0 radical (unpaired) electrons. The highest BCUT2D eigenvalue weighted by Crippen LogP contribution is 2.26. The summed E-state index contributed by atoms with van der Waals surface area (Å²) in [6.07, 6.45) is 1.69. The zero-order valence-electron chi connectivity index (χ0n) is 13.0. The van der Waals surface area contributed by atoms with Crippen molar-refractivity contribution >= 4 is 5.91 Å². The van der Waals surface area contributed by atoms with Crippen LogP contribution in [-0.4, -0.2) is 44.2 Å². The van der Waals surface area contributed by atoms with Gasteiger partial charge < -0.3 is 19.7 Å². The van der Waals surface area contributed by atoms with Crippen molar-refractivity contribution in [3.63, 3.8) is 0 Å². The van der Waals surface area contributed by atoms with E-state index in [1.165, 1.54) is 0 Å². The molecule has 1 aliphatic heterocycles. The third-order valence-electron chi connectivity index (χ3n) is 3.71. The highest BCUT2D eigenvalue weighted by molar-refractivity contribution is 5.81. The fourth-order valence-electron chi connectivity index (χ4n) is 2.54. The number of carbonyl (C=O) groups is 1. The molecule has 0 aromatic heterocycles. The lowest BCUT2D eigenvalue weighted by Crippen LogP contribution is -2.38. The van der Waals surface area contributed by atoms with Crippen molar-refractivity contribution in [2.75, 3.05) is 27.2 Å². The summed E-state index contributed by atoms with van der Waals surface area (Å²) in [6, 6.07) is 5.69. The van der Waals surface area contributed by atoms with E-state index in [-0.39, 0.29) is 5.91 Å². The van der Waals surface area contributed by atoms with Gasteiger partial charge in [-0.15, -0.1) is 0 Å². The summed E-state index contributed by atoms with van der Waals surface area (Å²) in [7, 11) is 3.50. The summed E-state index contributed by atoms with van der Waals surface area (Å²) in [5.41, 5.74) is 1.01. The summed E-state index contributed by atoms with van der Waals surface area (Å²) in [6.45, 7) is 4.18. The molecule has 1 fully saturated rings. The molecule has 2 rings (SSSR count). The van der Waals surface area contributed by atoms with E-state index in [1.807, 2.05) is 37.1 Å². The number of nitrogens with zero attached hydrogens (tertiary/aromatic N) is 1. The molecule has 1 amide bonds. The zero-order chi connectivity index (χ0) is 15.2. The third-order valence-corrected chi connectivity index (χ3v) is 3.71. The molecule has 1 heterocycles. The molecule has 1 unspecified atom stereocenters. The Morgan fingerprint density at radius 2 is 2.10 bits per heavy atom. The van der Waals surface area contributed by atoms with Crippen LogP contribution in [0.25, 0.3) is 0 Å². The van der Waals surface area contributed by atoms with Crippen LogP contribution in [0, 0.1) is 0 Å². The molecule has 21 heavy (non-hydrogen) atoms. The van der Waals surface area contributed by atoms with Crippen LogP contribution in [0.3, 0.4) is 0 Å². The van der Waals surface area contributed by atoms with E-state index in [4.69, 9.17) is 9.47 Å². The maximum atomic E-state index is 12.3. The monoisotopic (exact) mass is 292 g/mol. The molecule has 0 spiro atoms. The number of benzene rings is 1. The molecule has 1 N–H and O–H groups in total. The molecule has 1 aliphatic rings. The van der Waals surface area contributed by atoms with Crippen molar-refractivity contribution in [1.29, 1.82) is 0 Å². The topological polar surface area (TPSA) is 50.8 Å². The van der Waals surface area contributed by atoms with Crippen LogP contribution in [0.15, 0.2) is 18.2 Å². The molecule has 1 aromatic carbocycles. The molecular formula is C16H24N2O3. The van der Waals surface area contributed by atoms with E-state index in [9.17, 15) is 4.79 Å². The SMILES string of the molecule is CNCc1ccc(OC)cc1OC(C)C(=O)N1CCCC1. The summed E-state index contributed by atoms with van der Waals surface area (Å²) in [5, 5.41) is 3.10. The predicted octanol–water partition coefficient (Wildman–Crippen LogP) is 1.80. The van der Waals surface area contributed by atoms with E-state index in [2.05, 4.69) is 5.32 Å². The van der Waals surface area contributed by atoms with E-state index in [0.717, 1.165) is 37.2 Å². The van der Waals surface area contributed by atoms with Crippen LogP contribution in [0.5, 0.6) is 11.5 Å². The Morgan fingerprint density at radius 3 is 2.71 bits per heavy atom. The van der Waals surface area contributed by atoms with Crippen molar-refractivity contribution in [3.05, 3.63) is 23.8 Å². The first-order valence-electron chi connectivity index (χ1n) is 7.42. The van der Waals surface area contributed by atoms with Gasteiger partial charge in [-0.05, 0) is 32.9 Å². The van der Waals surface area contributed by atoms with Gasteiger partial charge >= 0.3 is 0 Å². The highest BCUT2D eigenvalue weighted by atomic mass is 16.5. The second kappa shape index (κ2) is 7.31. The average Bonchev–Trinajstić information content (AvgIpc) is 3.02. The Morgan fingerprint density at radius 1 is 1.38 bits per heavy atom. The van der Waals surface area contributed by atoms with E-state index >= 15 is 0 Å². The number of rotatable bonds is 6. The molecule has 0 bridgehead atoms. The fourth-order valence-corrected chi connectivity index (χ4v) is 2.54. The summed E-state index contributed by atoms with van der Waals surface area (Å²) in [4.78, 5) is 14.2. The molecule has 1 aromatic rings. The van der Waals surface area contributed by atoms with Crippen LogP contribution >= 0.6 is 0 Å². The molecular weight excluding hydrogens is 268 g/mol. The van der Waals surface area contributed by atoms with E-state index in [1.54, 1.807) is 7.11 Å². The van der Waals surface area contributed by atoms with Crippen LogP contribution < -0.4 is 14.8 Å². The quantitative estimate of drug-likeness (QED) is 0.869. The lowest BCUT2D eigenvalue weighted by Gasteiger charge is -2.22. The van der Waals surface area contributed by atoms with Gasteiger partial charge in [-0.2, -0.15) is 0 Å². The first-order valence-corrected chi connectivity index (χ1v) is 7.42. The van der Waals surface area contributed by atoms with Crippen molar-refractivity contribution < 1.29 is 14.3 Å². The second-order valence-corrected chi connectivity index (χ2v) is 5.30. The number of nitrogens with one attached hydrogen (secondary N) is 1. The molecule has 0 aliphatic carbocycles. The molecule has 1 saturated heterocycles.